The zero-order chi connectivity index (χ0) is 21.4. The molecule has 0 fully saturated rings. The molecule has 0 aliphatic rings. The van der Waals surface area contributed by atoms with Crippen molar-refractivity contribution in [2.45, 2.75) is 13.8 Å². The van der Waals surface area contributed by atoms with Gasteiger partial charge in [-0.1, -0.05) is 19.9 Å². The third-order valence-electron chi connectivity index (χ3n) is 3.99. The standard InChI is InChI=1S/C21H25N3O5/c1-13(2)20(26)24-16-7-5-6-15(11-16)23-19(25)12-22-21(27)14-8-9-17(28-3)18(10-14)29-4/h5-11,13H,12H2,1-4H3,(H,22,27)(H,23,25)(H,24,26). The van der Waals surface area contributed by atoms with Crippen LogP contribution < -0.4 is 25.4 Å². The van der Waals surface area contributed by atoms with E-state index < -0.39 is 11.8 Å². The van der Waals surface area contributed by atoms with Crippen LogP contribution in [0.4, 0.5) is 11.4 Å². The molecule has 2 aromatic rings. The molecule has 0 saturated carbocycles. The van der Waals surface area contributed by atoms with E-state index in [4.69, 9.17) is 9.47 Å². The molecular weight excluding hydrogens is 374 g/mol. The van der Waals surface area contributed by atoms with Gasteiger partial charge in [0.15, 0.2) is 11.5 Å². The van der Waals surface area contributed by atoms with Gasteiger partial charge in [0, 0.05) is 22.9 Å². The third kappa shape index (κ3) is 6.24. The lowest BCUT2D eigenvalue weighted by molar-refractivity contribution is -0.119. The van der Waals surface area contributed by atoms with Gasteiger partial charge in [-0.05, 0) is 36.4 Å². The van der Waals surface area contributed by atoms with Crippen molar-refractivity contribution in [2.24, 2.45) is 5.92 Å². The molecule has 2 rings (SSSR count). The van der Waals surface area contributed by atoms with E-state index in [1.165, 1.54) is 20.3 Å². The van der Waals surface area contributed by atoms with Crippen LogP contribution in [0, 0.1) is 5.92 Å². The Balaban J connectivity index is 1.93. The topological polar surface area (TPSA) is 106 Å². The van der Waals surface area contributed by atoms with Crippen molar-refractivity contribution >= 4 is 29.1 Å². The number of carbonyl (C=O) groups is 3. The fraction of sp³-hybridized carbons (Fsp3) is 0.286. The van der Waals surface area contributed by atoms with Gasteiger partial charge in [0.2, 0.25) is 11.8 Å². The van der Waals surface area contributed by atoms with E-state index >= 15 is 0 Å². The van der Waals surface area contributed by atoms with E-state index in [2.05, 4.69) is 16.0 Å². The number of benzene rings is 2. The quantitative estimate of drug-likeness (QED) is 0.633. The summed E-state index contributed by atoms with van der Waals surface area (Å²) in [6.07, 6.45) is 0. The van der Waals surface area contributed by atoms with E-state index in [9.17, 15) is 14.4 Å². The van der Waals surface area contributed by atoms with Crippen LogP contribution in [0.5, 0.6) is 11.5 Å². The van der Waals surface area contributed by atoms with Crippen LogP contribution in [0.3, 0.4) is 0 Å². The summed E-state index contributed by atoms with van der Waals surface area (Å²) in [5.74, 6) is -0.156. The highest BCUT2D eigenvalue weighted by molar-refractivity contribution is 6.00. The van der Waals surface area contributed by atoms with Gasteiger partial charge in [-0.2, -0.15) is 0 Å². The van der Waals surface area contributed by atoms with E-state index in [1.807, 2.05) is 0 Å². The smallest absolute Gasteiger partial charge is 0.251 e. The fourth-order valence-electron chi connectivity index (χ4n) is 2.41. The molecule has 0 unspecified atom stereocenters. The van der Waals surface area contributed by atoms with E-state index in [1.54, 1.807) is 50.2 Å². The number of amides is 3. The molecule has 154 valence electrons. The number of carbonyl (C=O) groups excluding carboxylic acids is 3. The highest BCUT2D eigenvalue weighted by Crippen LogP contribution is 2.27. The normalized spacial score (nSPS) is 10.2. The summed E-state index contributed by atoms with van der Waals surface area (Å²) in [6.45, 7) is 3.37. The van der Waals surface area contributed by atoms with Gasteiger partial charge >= 0.3 is 0 Å². The Kier molecular flexibility index (Phi) is 7.59. The number of anilines is 2. The van der Waals surface area contributed by atoms with Crippen molar-refractivity contribution in [2.75, 3.05) is 31.4 Å². The summed E-state index contributed by atoms with van der Waals surface area (Å²) in [5.41, 5.74) is 1.43. The van der Waals surface area contributed by atoms with Crippen LogP contribution in [0.25, 0.3) is 0 Å². The maximum absolute atomic E-state index is 12.3. The van der Waals surface area contributed by atoms with Gasteiger partial charge in [-0.3, -0.25) is 14.4 Å². The molecule has 0 aliphatic carbocycles. The minimum atomic E-state index is -0.418. The minimum absolute atomic E-state index is 0.115. The van der Waals surface area contributed by atoms with Crippen LogP contribution in [0.2, 0.25) is 0 Å². The van der Waals surface area contributed by atoms with Crippen molar-refractivity contribution in [1.29, 1.82) is 0 Å². The predicted octanol–water partition coefficient (Wildman–Crippen LogP) is 2.67. The highest BCUT2D eigenvalue weighted by Gasteiger charge is 2.12. The molecule has 2 aromatic carbocycles. The molecule has 29 heavy (non-hydrogen) atoms. The number of rotatable bonds is 8. The Bertz CT molecular complexity index is 896. The van der Waals surface area contributed by atoms with Crippen LogP contribution in [0.15, 0.2) is 42.5 Å². The molecule has 0 aromatic heterocycles. The van der Waals surface area contributed by atoms with E-state index in [0.717, 1.165) is 0 Å². The predicted molar refractivity (Wildman–Crippen MR) is 110 cm³/mol. The molecule has 0 heterocycles. The Morgan fingerprint density at radius 2 is 1.55 bits per heavy atom. The maximum Gasteiger partial charge on any atom is 0.251 e. The zero-order valence-corrected chi connectivity index (χ0v) is 16.9. The second kappa shape index (κ2) is 10.1. The van der Waals surface area contributed by atoms with Gasteiger partial charge in [0.1, 0.15) is 0 Å². The Morgan fingerprint density at radius 1 is 0.897 bits per heavy atom. The van der Waals surface area contributed by atoms with Crippen molar-refractivity contribution in [1.82, 2.24) is 5.32 Å². The van der Waals surface area contributed by atoms with E-state index in [0.29, 0.717) is 28.4 Å². The van der Waals surface area contributed by atoms with Crippen molar-refractivity contribution in [3.8, 4) is 11.5 Å². The van der Waals surface area contributed by atoms with Gasteiger partial charge < -0.3 is 25.4 Å². The van der Waals surface area contributed by atoms with E-state index in [-0.39, 0.29) is 18.4 Å². The monoisotopic (exact) mass is 399 g/mol. The zero-order valence-electron chi connectivity index (χ0n) is 16.9. The number of hydrogen-bond donors (Lipinski definition) is 3. The molecule has 8 nitrogen and oxygen atoms in total. The summed E-state index contributed by atoms with van der Waals surface area (Å²) in [4.78, 5) is 36.2. The van der Waals surface area contributed by atoms with Gasteiger partial charge in [-0.15, -0.1) is 0 Å². The van der Waals surface area contributed by atoms with Crippen LogP contribution in [-0.2, 0) is 9.59 Å². The van der Waals surface area contributed by atoms with Crippen molar-refractivity contribution < 1.29 is 23.9 Å². The lowest BCUT2D eigenvalue weighted by atomic mass is 10.2. The molecule has 0 radical (unpaired) electrons. The number of ether oxygens (including phenoxy) is 2. The summed E-state index contributed by atoms with van der Waals surface area (Å²) in [6, 6.07) is 11.5. The number of hydrogen-bond acceptors (Lipinski definition) is 5. The first-order valence-electron chi connectivity index (χ1n) is 9.05. The molecule has 3 N–H and O–H groups in total. The summed E-state index contributed by atoms with van der Waals surface area (Å²) >= 11 is 0. The Morgan fingerprint density at radius 3 is 2.17 bits per heavy atom. The number of methoxy groups -OCH3 is 2. The van der Waals surface area contributed by atoms with Crippen LogP contribution >= 0.6 is 0 Å². The lowest BCUT2D eigenvalue weighted by Crippen LogP contribution is -2.32. The largest absolute Gasteiger partial charge is 0.493 e. The fourth-order valence-corrected chi connectivity index (χ4v) is 2.41. The Labute approximate surface area is 169 Å². The molecule has 0 atom stereocenters. The molecule has 0 spiro atoms. The van der Waals surface area contributed by atoms with Crippen LogP contribution in [-0.4, -0.2) is 38.5 Å². The average Bonchev–Trinajstić information content (AvgIpc) is 2.71. The Hall–Kier alpha value is -3.55. The van der Waals surface area contributed by atoms with Gasteiger partial charge in [0.25, 0.3) is 5.91 Å². The second-order valence-electron chi connectivity index (χ2n) is 6.53. The molecular formula is C21H25N3O5. The molecule has 0 saturated heterocycles. The minimum Gasteiger partial charge on any atom is -0.493 e. The summed E-state index contributed by atoms with van der Waals surface area (Å²) in [5, 5.41) is 8.00. The molecule has 0 bridgehead atoms. The summed E-state index contributed by atoms with van der Waals surface area (Å²) < 4.78 is 10.3. The SMILES string of the molecule is COc1ccc(C(=O)NCC(=O)Nc2cccc(NC(=O)C(C)C)c2)cc1OC. The maximum atomic E-state index is 12.3. The highest BCUT2D eigenvalue weighted by atomic mass is 16.5. The third-order valence-corrected chi connectivity index (χ3v) is 3.99. The number of nitrogens with one attached hydrogen (secondary N) is 3. The first-order chi connectivity index (χ1) is 13.8. The van der Waals surface area contributed by atoms with Crippen LogP contribution in [0.1, 0.15) is 24.2 Å². The lowest BCUT2D eigenvalue weighted by Gasteiger charge is -2.11. The van der Waals surface area contributed by atoms with Gasteiger partial charge in [0.05, 0.1) is 20.8 Å². The first kappa shape index (κ1) is 21.7. The average molecular weight is 399 g/mol. The molecule has 3 amide bonds. The second-order valence-corrected chi connectivity index (χ2v) is 6.53. The summed E-state index contributed by atoms with van der Waals surface area (Å²) in [7, 11) is 2.98. The molecule has 8 heteroatoms. The van der Waals surface area contributed by atoms with Crippen molar-refractivity contribution in [3.63, 3.8) is 0 Å². The first-order valence-corrected chi connectivity index (χ1v) is 9.05. The molecule has 0 aliphatic heterocycles. The van der Waals surface area contributed by atoms with Gasteiger partial charge in [-0.25, -0.2) is 0 Å². The van der Waals surface area contributed by atoms with Crippen molar-refractivity contribution in [3.05, 3.63) is 48.0 Å².